The SMILES string of the molecule is NC(=S)c1ccc(Cl)cc1Nc1c(F)cccc1F. The zero-order valence-corrected chi connectivity index (χ0v) is 11.2. The number of halogens is 3. The van der Waals surface area contributed by atoms with Crippen LogP contribution in [0.4, 0.5) is 20.2 Å². The fourth-order valence-electron chi connectivity index (χ4n) is 1.59. The summed E-state index contributed by atoms with van der Waals surface area (Å²) in [5.74, 6) is -1.43. The molecule has 0 aromatic heterocycles. The highest BCUT2D eigenvalue weighted by Gasteiger charge is 2.12. The molecule has 0 heterocycles. The molecule has 3 N–H and O–H groups in total. The maximum absolute atomic E-state index is 13.6. The van der Waals surface area contributed by atoms with Gasteiger partial charge in [-0.25, -0.2) is 8.78 Å². The highest BCUT2D eigenvalue weighted by atomic mass is 35.5. The number of nitrogens with one attached hydrogen (secondary N) is 1. The minimum absolute atomic E-state index is 0.107. The van der Waals surface area contributed by atoms with E-state index in [4.69, 9.17) is 29.6 Å². The largest absolute Gasteiger partial charge is 0.389 e. The zero-order chi connectivity index (χ0) is 14.0. The number of rotatable bonds is 3. The van der Waals surface area contributed by atoms with E-state index in [0.29, 0.717) is 16.3 Å². The van der Waals surface area contributed by atoms with Crippen molar-refractivity contribution in [3.8, 4) is 0 Å². The van der Waals surface area contributed by atoms with Crippen LogP contribution in [0.1, 0.15) is 5.56 Å². The second-order valence-corrected chi connectivity index (χ2v) is 4.65. The lowest BCUT2D eigenvalue weighted by atomic mass is 10.1. The molecule has 0 spiro atoms. The van der Waals surface area contributed by atoms with Crippen LogP contribution in [0.15, 0.2) is 36.4 Å². The average molecular weight is 299 g/mol. The summed E-state index contributed by atoms with van der Waals surface area (Å²) in [5.41, 5.74) is 6.09. The second-order valence-electron chi connectivity index (χ2n) is 3.78. The molecule has 6 heteroatoms. The molecule has 0 unspecified atom stereocenters. The molecule has 0 aliphatic heterocycles. The van der Waals surface area contributed by atoms with Gasteiger partial charge in [0.05, 0.1) is 5.69 Å². The highest BCUT2D eigenvalue weighted by molar-refractivity contribution is 7.80. The van der Waals surface area contributed by atoms with Crippen molar-refractivity contribution in [1.29, 1.82) is 0 Å². The molecule has 2 aromatic carbocycles. The monoisotopic (exact) mass is 298 g/mol. The van der Waals surface area contributed by atoms with Gasteiger partial charge >= 0.3 is 0 Å². The maximum atomic E-state index is 13.6. The normalized spacial score (nSPS) is 10.3. The molecule has 19 heavy (non-hydrogen) atoms. The molecule has 0 radical (unpaired) electrons. The van der Waals surface area contributed by atoms with E-state index >= 15 is 0 Å². The first-order valence-electron chi connectivity index (χ1n) is 5.29. The van der Waals surface area contributed by atoms with Gasteiger partial charge in [-0.1, -0.05) is 29.9 Å². The fraction of sp³-hybridized carbons (Fsp3) is 0. The lowest BCUT2D eigenvalue weighted by molar-refractivity contribution is 0.591. The van der Waals surface area contributed by atoms with Gasteiger partial charge in [0, 0.05) is 10.6 Å². The molecular formula is C13H9ClF2N2S. The smallest absolute Gasteiger partial charge is 0.149 e. The molecule has 0 fully saturated rings. The molecule has 2 nitrogen and oxygen atoms in total. The molecule has 0 aliphatic rings. The van der Waals surface area contributed by atoms with Crippen LogP contribution in [0.25, 0.3) is 0 Å². The Morgan fingerprint density at radius 1 is 1.16 bits per heavy atom. The van der Waals surface area contributed by atoms with E-state index < -0.39 is 11.6 Å². The Morgan fingerprint density at radius 3 is 2.37 bits per heavy atom. The highest BCUT2D eigenvalue weighted by Crippen LogP contribution is 2.27. The van der Waals surface area contributed by atoms with E-state index in [9.17, 15) is 8.78 Å². The zero-order valence-electron chi connectivity index (χ0n) is 9.58. The van der Waals surface area contributed by atoms with Crippen LogP contribution in [0.5, 0.6) is 0 Å². The summed E-state index contributed by atoms with van der Waals surface area (Å²) in [6, 6.07) is 8.27. The minimum atomic E-state index is -0.714. The molecule has 98 valence electrons. The van der Waals surface area contributed by atoms with Crippen LogP contribution in [0.3, 0.4) is 0 Å². The van der Waals surface area contributed by atoms with Crippen molar-refractivity contribution in [1.82, 2.24) is 0 Å². The number of para-hydroxylation sites is 1. The van der Waals surface area contributed by atoms with Crippen LogP contribution >= 0.6 is 23.8 Å². The summed E-state index contributed by atoms with van der Waals surface area (Å²) in [7, 11) is 0. The van der Waals surface area contributed by atoms with Gasteiger partial charge in [-0.2, -0.15) is 0 Å². The standard InChI is InChI=1S/C13H9ClF2N2S/c14-7-4-5-8(13(17)19)11(6-7)18-12-9(15)2-1-3-10(12)16/h1-6,18H,(H2,17,19). The first kappa shape index (κ1) is 13.7. The molecule has 0 saturated heterocycles. The number of thiocarbonyl (C=S) groups is 1. The Labute approximate surface area is 119 Å². The van der Waals surface area contributed by atoms with Gasteiger partial charge in [-0.05, 0) is 30.3 Å². The lowest BCUT2D eigenvalue weighted by Crippen LogP contribution is -2.12. The van der Waals surface area contributed by atoms with Gasteiger partial charge in [0.1, 0.15) is 22.3 Å². The van der Waals surface area contributed by atoms with Crippen molar-refractivity contribution >= 4 is 40.2 Å². The van der Waals surface area contributed by atoms with E-state index in [1.54, 1.807) is 12.1 Å². The number of anilines is 2. The van der Waals surface area contributed by atoms with Gasteiger partial charge < -0.3 is 11.1 Å². The van der Waals surface area contributed by atoms with Crippen molar-refractivity contribution in [2.45, 2.75) is 0 Å². The minimum Gasteiger partial charge on any atom is -0.389 e. The van der Waals surface area contributed by atoms with Crippen LogP contribution < -0.4 is 11.1 Å². The summed E-state index contributed by atoms with van der Waals surface area (Å²) < 4.78 is 27.1. The van der Waals surface area contributed by atoms with Crippen LogP contribution in [0, 0.1) is 11.6 Å². The van der Waals surface area contributed by atoms with Gasteiger partial charge in [0.25, 0.3) is 0 Å². The molecule has 0 atom stereocenters. The van der Waals surface area contributed by atoms with Gasteiger partial charge in [-0.15, -0.1) is 0 Å². The van der Waals surface area contributed by atoms with Crippen molar-refractivity contribution in [2.24, 2.45) is 5.73 Å². The lowest BCUT2D eigenvalue weighted by Gasteiger charge is -2.13. The molecular weight excluding hydrogens is 290 g/mol. The predicted molar refractivity (Wildman–Crippen MR) is 77.0 cm³/mol. The third-order valence-corrected chi connectivity index (χ3v) is 2.92. The summed E-state index contributed by atoms with van der Waals surface area (Å²) >= 11 is 10.7. The Morgan fingerprint density at radius 2 is 1.79 bits per heavy atom. The predicted octanol–water partition coefficient (Wildman–Crippen LogP) is 4.00. The molecule has 0 aliphatic carbocycles. The summed E-state index contributed by atoms with van der Waals surface area (Å²) in [6.07, 6.45) is 0. The van der Waals surface area contributed by atoms with E-state index in [-0.39, 0.29) is 10.7 Å². The van der Waals surface area contributed by atoms with E-state index in [2.05, 4.69) is 5.32 Å². The number of hydrogen-bond donors (Lipinski definition) is 2. The van der Waals surface area contributed by atoms with Gasteiger partial charge in [0.2, 0.25) is 0 Å². The summed E-state index contributed by atoms with van der Waals surface area (Å²) in [5, 5.41) is 3.03. The summed E-state index contributed by atoms with van der Waals surface area (Å²) in [4.78, 5) is 0.107. The van der Waals surface area contributed by atoms with Crippen LogP contribution in [-0.4, -0.2) is 4.99 Å². The second kappa shape index (κ2) is 5.50. The molecule has 0 saturated carbocycles. The van der Waals surface area contributed by atoms with Crippen molar-refractivity contribution in [3.63, 3.8) is 0 Å². The van der Waals surface area contributed by atoms with Crippen LogP contribution in [0.2, 0.25) is 5.02 Å². The Kier molecular flexibility index (Phi) is 3.97. The molecule has 2 aromatic rings. The first-order chi connectivity index (χ1) is 8.99. The number of hydrogen-bond acceptors (Lipinski definition) is 2. The fourth-order valence-corrected chi connectivity index (χ4v) is 1.94. The number of benzene rings is 2. The molecule has 2 rings (SSSR count). The van der Waals surface area contributed by atoms with Crippen LogP contribution in [-0.2, 0) is 0 Å². The van der Waals surface area contributed by atoms with Crippen molar-refractivity contribution < 1.29 is 8.78 Å². The molecule has 0 bridgehead atoms. The van der Waals surface area contributed by atoms with Gasteiger partial charge in [0.15, 0.2) is 0 Å². The topological polar surface area (TPSA) is 38.0 Å². The molecule has 0 amide bonds. The Hall–Kier alpha value is -1.72. The van der Waals surface area contributed by atoms with E-state index in [0.717, 1.165) is 12.1 Å². The first-order valence-corrected chi connectivity index (χ1v) is 6.08. The Balaban J connectivity index is 2.49. The van der Waals surface area contributed by atoms with E-state index in [1.807, 2.05) is 0 Å². The number of nitrogens with two attached hydrogens (primary N) is 1. The van der Waals surface area contributed by atoms with Crippen molar-refractivity contribution in [3.05, 3.63) is 58.6 Å². The van der Waals surface area contributed by atoms with Gasteiger partial charge in [-0.3, -0.25) is 0 Å². The average Bonchev–Trinajstić information content (AvgIpc) is 2.33. The Bertz CT molecular complexity index is 626. The maximum Gasteiger partial charge on any atom is 0.149 e. The quantitative estimate of drug-likeness (QED) is 0.841. The van der Waals surface area contributed by atoms with E-state index in [1.165, 1.54) is 12.1 Å². The third kappa shape index (κ3) is 3.00. The summed E-state index contributed by atoms with van der Waals surface area (Å²) in [6.45, 7) is 0. The van der Waals surface area contributed by atoms with Crippen molar-refractivity contribution in [2.75, 3.05) is 5.32 Å². The third-order valence-electron chi connectivity index (χ3n) is 2.47.